The maximum atomic E-state index is 12.9. The van der Waals surface area contributed by atoms with Crippen molar-refractivity contribution in [3.05, 3.63) is 0 Å². The molecule has 3 fully saturated rings. The zero-order chi connectivity index (χ0) is 16.9. The van der Waals surface area contributed by atoms with E-state index in [0.29, 0.717) is 11.2 Å². The maximum Gasteiger partial charge on any atom is 0.155 e. The van der Waals surface area contributed by atoms with Gasteiger partial charge in [0.05, 0.1) is 6.04 Å². The molecule has 0 radical (unpaired) electrons. The van der Waals surface area contributed by atoms with Gasteiger partial charge in [-0.05, 0) is 69.6 Å². The summed E-state index contributed by atoms with van der Waals surface area (Å²) in [6.07, 6.45) is 5.09. The number of rotatable bonds is 4. The Hall–Kier alpha value is -0.370. The molecule has 3 saturated carbocycles. The first-order valence-electron chi connectivity index (χ1n) is 9.12. The number of ketones is 1. The topological polar surface area (TPSA) is 29.1 Å². The maximum absolute atomic E-state index is 12.9. The van der Waals surface area contributed by atoms with E-state index >= 15 is 0 Å². The number of fused-ring (bicyclic) bond motifs is 2. The third kappa shape index (κ3) is 3.75. The van der Waals surface area contributed by atoms with Crippen LogP contribution in [-0.2, 0) is 4.79 Å². The number of carbonyl (C=O) groups excluding carboxylic acids is 1. The molecule has 2 heteroatoms. The van der Waals surface area contributed by atoms with Crippen molar-refractivity contribution < 1.29 is 4.79 Å². The second-order valence-corrected chi connectivity index (χ2v) is 10.6. The Morgan fingerprint density at radius 3 is 1.91 bits per heavy atom. The highest BCUT2D eigenvalue weighted by Gasteiger charge is 2.53. The lowest BCUT2D eigenvalue weighted by Gasteiger charge is -2.59. The van der Waals surface area contributed by atoms with Crippen LogP contribution in [0.2, 0.25) is 0 Å². The summed E-state index contributed by atoms with van der Waals surface area (Å²) in [5, 5.41) is 3.61. The van der Waals surface area contributed by atoms with Crippen molar-refractivity contribution in [2.45, 2.75) is 92.7 Å². The lowest BCUT2D eigenvalue weighted by atomic mass is 9.46. The van der Waals surface area contributed by atoms with Gasteiger partial charge in [-0.3, -0.25) is 4.79 Å². The minimum absolute atomic E-state index is 0.00520. The van der Waals surface area contributed by atoms with E-state index in [1.807, 2.05) is 20.8 Å². The van der Waals surface area contributed by atoms with Crippen LogP contribution in [0.4, 0.5) is 0 Å². The molecule has 0 aromatic heterocycles. The fraction of sp³-hybridized carbons (Fsp3) is 0.950. The molecule has 0 aromatic carbocycles. The Balaban J connectivity index is 2.03. The molecule has 0 saturated heterocycles. The van der Waals surface area contributed by atoms with Gasteiger partial charge in [-0.25, -0.2) is 0 Å². The van der Waals surface area contributed by atoms with Crippen LogP contribution in [0.25, 0.3) is 0 Å². The van der Waals surface area contributed by atoms with Gasteiger partial charge in [-0.2, -0.15) is 0 Å². The summed E-state index contributed by atoms with van der Waals surface area (Å²) in [5.74, 6) is 2.87. The molecular formula is C20H37NO. The van der Waals surface area contributed by atoms with Crippen molar-refractivity contribution in [2.24, 2.45) is 28.6 Å². The highest BCUT2D eigenvalue weighted by Crippen LogP contribution is 2.61. The molecule has 1 N–H and O–H groups in total. The van der Waals surface area contributed by atoms with Crippen LogP contribution in [0.3, 0.4) is 0 Å². The predicted molar refractivity (Wildman–Crippen MR) is 93.9 cm³/mol. The van der Waals surface area contributed by atoms with E-state index in [1.54, 1.807) is 0 Å². The van der Waals surface area contributed by atoms with Crippen LogP contribution in [0.1, 0.15) is 81.1 Å². The number of hydrogen-bond donors (Lipinski definition) is 1. The molecular weight excluding hydrogens is 270 g/mol. The van der Waals surface area contributed by atoms with Crippen LogP contribution < -0.4 is 5.32 Å². The second-order valence-electron chi connectivity index (χ2n) is 10.6. The van der Waals surface area contributed by atoms with Crippen molar-refractivity contribution in [1.82, 2.24) is 5.32 Å². The largest absolute Gasteiger partial charge is 0.303 e. The summed E-state index contributed by atoms with van der Waals surface area (Å²) in [5.41, 5.74) is 0.277. The zero-order valence-electron chi connectivity index (χ0n) is 16.0. The minimum atomic E-state index is -0.264. The van der Waals surface area contributed by atoms with E-state index in [-0.39, 0.29) is 17.0 Å². The molecule has 3 unspecified atom stereocenters. The third-order valence-corrected chi connectivity index (χ3v) is 6.14. The van der Waals surface area contributed by atoms with Gasteiger partial charge in [0, 0.05) is 11.0 Å². The smallest absolute Gasteiger partial charge is 0.155 e. The standard InChI is InChI=1S/C20H37NO/c1-18(2,3)17(22)16(21-19(4,5)6)11-13-9-14-12-15(10-13)20(14,7)8/h13-16,21H,9-12H2,1-8H3. The van der Waals surface area contributed by atoms with E-state index in [4.69, 9.17) is 0 Å². The Bertz CT molecular complexity index is 410. The molecule has 0 spiro atoms. The van der Waals surface area contributed by atoms with Crippen molar-refractivity contribution in [3.8, 4) is 0 Å². The molecule has 2 nitrogen and oxygen atoms in total. The normalized spacial score (nSPS) is 32.3. The van der Waals surface area contributed by atoms with Gasteiger partial charge in [0.15, 0.2) is 5.78 Å². The van der Waals surface area contributed by atoms with Crippen molar-refractivity contribution >= 4 is 5.78 Å². The third-order valence-electron chi connectivity index (χ3n) is 6.14. The predicted octanol–water partition coefficient (Wildman–Crippen LogP) is 4.82. The number of carbonyl (C=O) groups is 1. The van der Waals surface area contributed by atoms with Gasteiger partial charge in [0.25, 0.3) is 0 Å². The van der Waals surface area contributed by atoms with Gasteiger partial charge < -0.3 is 5.32 Å². The molecule has 0 aromatic rings. The highest BCUT2D eigenvalue weighted by molar-refractivity contribution is 5.88. The SMILES string of the molecule is CC(C)(C)NC(CC1CC2CC(C1)C2(C)C)C(=O)C(C)(C)C. The lowest BCUT2D eigenvalue weighted by molar-refractivity contribution is -0.131. The summed E-state index contributed by atoms with van der Waals surface area (Å²) in [6, 6.07) is 0.00520. The molecule has 128 valence electrons. The van der Waals surface area contributed by atoms with Crippen LogP contribution in [-0.4, -0.2) is 17.4 Å². The molecule has 2 bridgehead atoms. The van der Waals surface area contributed by atoms with Crippen molar-refractivity contribution in [3.63, 3.8) is 0 Å². The van der Waals surface area contributed by atoms with Crippen LogP contribution in [0.15, 0.2) is 0 Å². The lowest BCUT2D eigenvalue weighted by Crippen LogP contribution is -2.54. The molecule has 0 heterocycles. The average molecular weight is 308 g/mol. The number of Topliss-reactive ketones (excluding diaryl/α,β-unsaturated/α-hetero) is 1. The summed E-state index contributed by atoms with van der Waals surface area (Å²) in [7, 11) is 0. The molecule has 22 heavy (non-hydrogen) atoms. The van der Waals surface area contributed by atoms with Crippen LogP contribution >= 0.6 is 0 Å². The first-order valence-corrected chi connectivity index (χ1v) is 9.12. The van der Waals surface area contributed by atoms with E-state index in [1.165, 1.54) is 19.3 Å². The summed E-state index contributed by atoms with van der Waals surface area (Å²) in [4.78, 5) is 12.9. The van der Waals surface area contributed by atoms with Crippen LogP contribution in [0.5, 0.6) is 0 Å². The van der Waals surface area contributed by atoms with E-state index in [2.05, 4.69) is 39.9 Å². The number of hydrogen-bond acceptors (Lipinski definition) is 2. The first kappa shape index (κ1) is 18.0. The van der Waals surface area contributed by atoms with Crippen molar-refractivity contribution in [1.29, 1.82) is 0 Å². The van der Waals surface area contributed by atoms with Gasteiger partial charge >= 0.3 is 0 Å². The van der Waals surface area contributed by atoms with Crippen molar-refractivity contribution in [2.75, 3.05) is 0 Å². The second kappa shape index (κ2) is 5.61. The summed E-state index contributed by atoms with van der Waals surface area (Å²) < 4.78 is 0. The molecule has 3 aliphatic carbocycles. The highest BCUT2D eigenvalue weighted by atomic mass is 16.1. The first-order chi connectivity index (χ1) is 9.80. The van der Waals surface area contributed by atoms with Gasteiger partial charge in [-0.1, -0.05) is 34.6 Å². The van der Waals surface area contributed by atoms with E-state index < -0.39 is 0 Å². The Morgan fingerprint density at radius 2 is 1.55 bits per heavy atom. The number of nitrogens with one attached hydrogen (secondary N) is 1. The molecule has 0 aliphatic heterocycles. The van der Waals surface area contributed by atoms with Gasteiger partial charge in [-0.15, -0.1) is 0 Å². The van der Waals surface area contributed by atoms with E-state index in [9.17, 15) is 4.79 Å². The fourth-order valence-electron chi connectivity index (χ4n) is 4.63. The minimum Gasteiger partial charge on any atom is -0.303 e. The van der Waals surface area contributed by atoms with Gasteiger partial charge in [0.2, 0.25) is 0 Å². The van der Waals surface area contributed by atoms with Gasteiger partial charge in [0.1, 0.15) is 0 Å². The molecule has 3 atom stereocenters. The molecule has 0 amide bonds. The zero-order valence-corrected chi connectivity index (χ0v) is 16.0. The van der Waals surface area contributed by atoms with E-state index in [0.717, 1.165) is 24.2 Å². The average Bonchev–Trinajstić information content (AvgIpc) is 2.34. The fourth-order valence-corrected chi connectivity index (χ4v) is 4.63. The van der Waals surface area contributed by atoms with Crippen LogP contribution in [0, 0.1) is 28.6 Å². The Labute approximate surface area is 137 Å². The molecule has 3 rings (SSSR count). The summed E-state index contributed by atoms with van der Waals surface area (Å²) >= 11 is 0. The Kier molecular flexibility index (Phi) is 4.59. The quantitative estimate of drug-likeness (QED) is 0.806. The Morgan fingerprint density at radius 1 is 1.05 bits per heavy atom. The molecule has 3 aliphatic rings. The summed E-state index contributed by atoms with van der Waals surface area (Å²) in [6.45, 7) is 17.5. The monoisotopic (exact) mass is 307 g/mol.